The molecule has 0 amide bonds. The lowest BCUT2D eigenvalue weighted by molar-refractivity contribution is -0.890. The molecule has 0 rings (SSSR count). The van der Waals surface area contributed by atoms with Gasteiger partial charge in [0.25, 0.3) is 0 Å². The van der Waals surface area contributed by atoms with E-state index in [1.54, 1.807) is 0 Å². The van der Waals surface area contributed by atoms with Crippen molar-refractivity contribution in [2.45, 2.75) is 181 Å². The number of quaternary nitrogens is 1. The van der Waals surface area contributed by atoms with Gasteiger partial charge < -0.3 is 4.48 Å². The topological polar surface area (TPSA) is 0 Å². The first-order chi connectivity index (χ1) is 16.1. The molecule has 0 aliphatic carbocycles. The Bertz CT molecular complexity index is 316. The molecule has 1 nitrogen and oxygen atoms in total. The lowest BCUT2D eigenvalue weighted by atomic mass is 10.0. The highest BCUT2D eigenvalue weighted by molar-refractivity contribution is 4.51. The maximum Gasteiger partial charge on any atom is 0.0782 e. The van der Waals surface area contributed by atoms with Crippen LogP contribution in [-0.4, -0.2) is 31.7 Å². The molecule has 0 N–H and O–H groups in total. The predicted molar refractivity (Wildman–Crippen MR) is 153 cm³/mol. The van der Waals surface area contributed by atoms with Gasteiger partial charge in [-0.1, -0.05) is 155 Å². The standard InChI is InChI=1S/C32H68N/c1-5-7-9-11-13-15-17-19-21-23-25-27-29-31-33(3,4)32-30-28-26-24-22-20-18-16-14-12-10-8-6-2/h5-32H2,1-4H3/q+1. The smallest absolute Gasteiger partial charge is 0.0782 e. The van der Waals surface area contributed by atoms with Gasteiger partial charge in [0.05, 0.1) is 27.2 Å². The molecule has 1 heteroatoms. The highest BCUT2D eigenvalue weighted by atomic mass is 15.3. The molecule has 0 aliphatic heterocycles. The Kier molecular flexibility index (Phi) is 26.5. The number of rotatable bonds is 28. The molecular weight excluding hydrogens is 398 g/mol. The maximum absolute atomic E-state index is 2.46. The van der Waals surface area contributed by atoms with Gasteiger partial charge in [0, 0.05) is 0 Å². The van der Waals surface area contributed by atoms with Crippen molar-refractivity contribution in [2.24, 2.45) is 0 Å². The molecule has 0 saturated carbocycles. The number of hydrogen-bond acceptors (Lipinski definition) is 0. The average molecular weight is 467 g/mol. The first-order valence-electron chi connectivity index (χ1n) is 15.9. The highest BCUT2D eigenvalue weighted by Gasteiger charge is 2.13. The van der Waals surface area contributed by atoms with Crippen LogP contribution >= 0.6 is 0 Å². The zero-order valence-corrected chi connectivity index (χ0v) is 24.2. The third-order valence-corrected chi connectivity index (χ3v) is 7.73. The Morgan fingerprint density at radius 2 is 0.455 bits per heavy atom. The summed E-state index contributed by atoms with van der Waals surface area (Å²) in [6.07, 6.45) is 38.0. The summed E-state index contributed by atoms with van der Waals surface area (Å²) >= 11 is 0. The first-order valence-corrected chi connectivity index (χ1v) is 15.9. The number of unbranched alkanes of at least 4 members (excludes halogenated alkanes) is 24. The Morgan fingerprint density at radius 1 is 0.273 bits per heavy atom. The molecule has 0 aromatic heterocycles. The van der Waals surface area contributed by atoms with Crippen LogP contribution in [0.3, 0.4) is 0 Å². The van der Waals surface area contributed by atoms with E-state index in [4.69, 9.17) is 0 Å². The Balaban J connectivity index is 3.28. The van der Waals surface area contributed by atoms with Crippen LogP contribution in [0.5, 0.6) is 0 Å². The second kappa shape index (κ2) is 26.6. The van der Waals surface area contributed by atoms with Crippen molar-refractivity contribution in [1.82, 2.24) is 0 Å². The van der Waals surface area contributed by atoms with E-state index < -0.39 is 0 Å². The normalized spacial score (nSPS) is 12.0. The van der Waals surface area contributed by atoms with Gasteiger partial charge in [-0.15, -0.1) is 0 Å². The van der Waals surface area contributed by atoms with E-state index in [9.17, 15) is 0 Å². The van der Waals surface area contributed by atoms with Gasteiger partial charge in [-0.05, 0) is 25.7 Å². The molecule has 0 spiro atoms. The summed E-state index contributed by atoms with van der Waals surface area (Å²) in [5.41, 5.74) is 0. The molecule has 0 aromatic rings. The fourth-order valence-electron chi connectivity index (χ4n) is 5.23. The van der Waals surface area contributed by atoms with Gasteiger partial charge in [-0.2, -0.15) is 0 Å². The molecule has 0 saturated heterocycles. The molecule has 0 heterocycles. The summed E-state index contributed by atoms with van der Waals surface area (Å²) in [6, 6.07) is 0. The molecule has 0 radical (unpaired) electrons. The summed E-state index contributed by atoms with van der Waals surface area (Å²) < 4.78 is 1.25. The summed E-state index contributed by atoms with van der Waals surface area (Å²) in [5.74, 6) is 0. The maximum atomic E-state index is 2.46. The zero-order chi connectivity index (χ0) is 24.3. The van der Waals surface area contributed by atoms with Gasteiger partial charge in [0.15, 0.2) is 0 Å². The second-order valence-corrected chi connectivity index (χ2v) is 11.9. The van der Waals surface area contributed by atoms with Crippen molar-refractivity contribution >= 4 is 0 Å². The molecule has 0 aliphatic rings. The third kappa shape index (κ3) is 28.1. The highest BCUT2D eigenvalue weighted by Crippen LogP contribution is 2.15. The number of hydrogen-bond donors (Lipinski definition) is 0. The van der Waals surface area contributed by atoms with Gasteiger partial charge in [0.1, 0.15) is 0 Å². The van der Waals surface area contributed by atoms with Crippen LogP contribution in [0.15, 0.2) is 0 Å². The van der Waals surface area contributed by atoms with Crippen molar-refractivity contribution in [1.29, 1.82) is 0 Å². The largest absolute Gasteiger partial charge is 0.328 e. The van der Waals surface area contributed by atoms with Crippen LogP contribution in [0.1, 0.15) is 181 Å². The zero-order valence-electron chi connectivity index (χ0n) is 24.2. The average Bonchev–Trinajstić information content (AvgIpc) is 2.80. The minimum Gasteiger partial charge on any atom is -0.328 e. The van der Waals surface area contributed by atoms with Crippen LogP contribution in [0.2, 0.25) is 0 Å². The van der Waals surface area contributed by atoms with Crippen LogP contribution in [-0.2, 0) is 0 Å². The van der Waals surface area contributed by atoms with Crippen molar-refractivity contribution in [3.05, 3.63) is 0 Å². The van der Waals surface area contributed by atoms with Gasteiger partial charge in [-0.25, -0.2) is 0 Å². The van der Waals surface area contributed by atoms with E-state index in [0.29, 0.717) is 0 Å². The quantitative estimate of drug-likeness (QED) is 0.0794. The van der Waals surface area contributed by atoms with E-state index in [0.717, 1.165) is 0 Å². The minimum absolute atomic E-state index is 1.25. The summed E-state index contributed by atoms with van der Waals surface area (Å²) in [6.45, 7) is 7.38. The lowest BCUT2D eigenvalue weighted by Gasteiger charge is -2.30. The van der Waals surface area contributed by atoms with Crippen molar-refractivity contribution in [3.8, 4) is 0 Å². The summed E-state index contributed by atoms with van der Waals surface area (Å²) in [7, 11) is 4.92. The Labute approximate surface area is 212 Å². The van der Waals surface area contributed by atoms with Gasteiger partial charge >= 0.3 is 0 Å². The fourth-order valence-corrected chi connectivity index (χ4v) is 5.23. The predicted octanol–water partition coefficient (Wildman–Crippen LogP) is 11.2. The van der Waals surface area contributed by atoms with E-state index >= 15 is 0 Å². The van der Waals surface area contributed by atoms with Gasteiger partial charge in [0.2, 0.25) is 0 Å². The molecule has 0 fully saturated rings. The molecule has 0 unspecified atom stereocenters. The summed E-state index contributed by atoms with van der Waals surface area (Å²) in [5, 5.41) is 0. The lowest BCUT2D eigenvalue weighted by Crippen LogP contribution is -2.41. The van der Waals surface area contributed by atoms with Crippen LogP contribution in [0, 0.1) is 0 Å². The van der Waals surface area contributed by atoms with Gasteiger partial charge in [-0.3, -0.25) is 0 Å². The molecule has 0 aromatic carbocycles. The van der Waals surface area contributed by atoms with Crippen LogP contribution in [0.4, 0.5) is 0 Å². The van der Waals surface area contributed by atoms with E-state index in [2.05, 4.69) is 27.9 Å². The SMILES string of the molecule is CCCCCCCCCCCCCCC[N+](C)(C)CCCCCCCCCCCCCCC. The fraction of sp³-hybridized carbons (Fsp3) is 1.00. The molecule has 0 atom stereocenters. The van der Waals surface area contributed by atoms with Crippen molar-refractivity contribution < 1.29 is 4.48 Å². The third-order valence-electron chi connectivity index (χ3n) is 7.73. The minimum atomic E-state index is 1.25. The Morgan fingerprint density at radius 3 is 0.667 bits per heavy atom. The van der Waals surface area contributed by atoms with E-state index in [1.807, 2.05) is 0 Å². The second-order valence-electron chi connectivity index (χ2n) is 11.9. The molecule has 33 heavy (non-hydrogen) atoms. The summed E-state index contributed by atoms with van der Waals surface area (Å²) in [4.78, 5) is 0. The van der Waals surface area contributed by atoms with Crippen LogP contribution < -0.4 is 0 Å². The first kappa shape index (κ1) is 33.0. The molecular formula is C32H68N+. The van der Waals surface area contributed by atoms with Crippen molar-refractivity contribution in [2.75, 3.05) is 27.2 Å². The monoisotopic (exact) mass is 467 g/mol. The number of nitrogens with zero attached hydrogens (tertiary/aromatic N) is 1. The Hall–Kier alpha value is -0.0400. The van der Waals surface area contributed by atoms with E-state index in [-0.39, 0.29) is 0 Å². The van der Waals surface area contributed by atoms with Crippen molar-refractivity contribution in [3.63, 3.8) is 0 Å². The molecule has 0 bridgehead atoms. The van der Waals surface area contributed by atoms with Crippen LogP contribution in [0.25, 0.3) is 0 Å². The molecule has 200 valence electrons. The van der Waals surface area contributed by atoms with E-state index in [1.165, 1.54) is 185 Å².